The number of hydrogen-bond donors (Lipinski definition) is 2. The minimum Gasteiger partial charge on any atom is -0.478 e. The monoisotopic (exact) mass is 260 g/mol. The Hall–Kier alpha value is -2.01. The van der Waals surface area contributed by atoms with Crippen molar-refractivity contribution in [2.24, 2.45) is 0 Å². The Morgan fingerprint density at radius 2 is 2.06 bits per heavy atom. The van der Waals surface area contributed by atoms with Crippen LogP contribution < -0.4 is 5.32 Å². The van der Waals surface area contributed by atoms with Gasteiger partial charge in [0.05, 0.1) is 10.7 Å². The molecule has 0 atom stereocenters. The highest BCUT2D eigenvalue weighted by Crippen LogP contribution is 2.24. The quantitative estimate of drug-likeness (QED) is 0.826. The van der Waals surface area contributed by atoms with Crippen LogP contribution >= 0.6 is 11.8 Å². The van der Waals surface area contributed by atoms with Crippen molar-refractivity contribution < 1.29 is 9.90 Å². The number of anilines is 2. The summed E-state index contributed by atoms with van der Waals surface area (Å²) >= 11 is 1.47. The second-order valence-corrected chi connectivity index (χ2v) is 4.39. The smallest absolute Gasteiger partial charge is 0.339 e. The molecule has 1 aromatic heterocycles. The lowest BCUT2D eigenvalue weighted by atomic mass is 10.2. The molecule has 1 heterocycles. The summed E-state index contributed by atoms with van der Waals surface area (Å²) in [5.41, 5.74) is 1.56. The number of pyridine rings is 1. The molecule has 0 spiro atoms. The van der Waals surface area contributed by atoms with E-state index in [0.717, 1.165) is 10.7 Å². The van der Waals surface area contributed by atoms with E-state index in [2.05, 4.69) is 10.3 Å². The minimum absolute atomic E-state index is 0.164. The van der Waals surface area contributed by atoms with Crippen LogP contribution in [-0.4, -0.2) is 22.3 Å². The van der Waals surface area contributed by atoms with E-state index in [1.54, 1.807) is 6.07 Å². The van der Waals surface area contributed by atoms with Crippen LogP contribution in [0.3, 0.4) is 0 Å². The third-order valence-corrected chi connectivity index (χ3v) is 3.01. The summed E-state index contributed by atoms with van der Waals surface area (Å²) in [6, 6.07) is 11.2. The normalized spacial score (nSPS) is 10.1. The van der Waals surface area contributed by atoms with E-state index in [9.17, 15) is 4.79 Å². The zero-order valence-electron chi connectivity index (χ0n) is 9.75. The maximum absolute atomic E-state index is 11.1. The lowest BCUT2D eigenvalue weighted by Gasteiger charge is -2.10. The Labute approximate surface area is 109 Å². The van der Waals surface area contributed by atoms with Crippen LogP contribution in [0.5, 0.6) is 0 Å². The largest absolute Gasteiger partial charge is 0.478 e. The molecular formula is C13H12N2O2S. The van der Waals surface area contributed by atoms with E-state index in [0.29, 0.717) is 5.69 Å². The predicted octanol–water partition coefficient (Wildman–Crippen LogP) is 3.25. The van der Waals surface area contributed by atoms with Gasteiger partial charge in [-0.15, -0.1) is 11.8 Å². The van der Waals surface area contributed by atoms with Crippen LogP contribution in [0.25, 0.3) is 0 Å². The maximum atomic E-state index is 11.1. The Morgan fingerprint density at radius 1 is 1.33 bits per heavy atom. The molecule has 0 aliphatic carbocycles. The molecular weight excluding hydrogens is 248 g/mol. The van der Waals surface area contributed by atoms with Gasteiger partial charge in [0.25, 0.3) is 0 Å². The van der Waals surface area contributed by atoms with E-state index in [1.165, 1.54) is 18.0 Å². The standard InChI is InChI=1S/C13H12N2O2S/c1-18-12-7-11(10(8-14-12)13(16)17)15-9-5-3-2-4-6-9/h2-8H,1H3,(H,14,15)(H,16,17). The third-order valence-electron chi connectivity index (χ3n) is 2.37. The van der Waals surface area contributed by atoms with Gasteiger partial charge in [-0.2, -0.15) is 0 Å². The van der Waals surface area contributed by atoms with Crippen LogP contribution in [0.4, 0.5) is 11.4 Å². The molecule has 18 heavy (non-hydrogen) atoms. The molecule has 0 unspecified atom stereocenters. The fourth-order valence-corrected chi connectivity index (χ4v) is 1.89. The number of nitrogens with one attached hydrogen (secondary N) is 1. The Kier molecular flexibility index (Phi) is 3.84. The Bertz CT molecular complexity index is 558. The van der Waals surface area contributed by atoms with Gasteiger partial charge in [-0.1, -0.05) is 18.2 Å². The zero-order chi connectivity index (χ0) is 13.0. The fourth-order valence-electron chi connectivity index (χ4n) is 1.50. The molecule has 0 amide bonds. The molecule has 0 saturated carbocycles. The van der Waals surface area contributed by atoms with Crippen molar-refractivity contribution in [1.29, 1.82) is 0 Å². The number of aromatic carboxylic acids is 1. The van der Waals surface area contributed by atoms with E-state index >= 15 is 0 Å². The number of aromatic nitrogens is 1. The first-order chi connectivity index (χ1) is 8.70. The summed E-state index contributed by atoms with van der Waals surface area (Å²) in [4.78, 5) is 15.2. The molecule has 0 aliphatic rings. The van der Waals surface area contributed by atoms with Crippen molar-refractivity contribution in [2.75, 3.05) is 11.6 Å². The van der Waals surface area contributed by atoms with Crippen molar-refractivity contribution in [3.05, 3.63) is 48.2 Å². The molecule has 2 N–H and O–H groups in total. The molecule has 92 valence electrons. The van der Waals surface area contributed by atoms with Crippen molar-refractivity contribution in [1.82, 2.24) is 4.98 Å². The molecule has 0 bridgehead atoms. The van der Waals surface area contributed by atoms with Crippen LogP contribution in [0.1, 0.15) is 10.4 Å². The van der Waals surface area contributed by atoms with Gasteiger partial charge in [-0.3, -0.25) is 0 Å². The van der Waals surface area contributed by atoms with Gasteiger partial charge in [0, 0.05) is 11.9 Å². The SMILES string of the molecule is CSc1cc(Nc2ccccc2)c(C(=O)O)cn1. The topological polar surface area (TPSA) is 62.2 Å². The van der Waals surface area contributed by atoms with Crippen LogP contribution in [0.15, 0.2) is 47.6 Å². The summed E-state index contributed by atoms with van der Waals surface area (Å²) in [6.07, 6.45) is 3.27. The highest BCUT2D eigenvalue weighted by Gasteiger charge is 2.11. The molecule has 2 rings (SSSR count). The summed E-state index contributed by atoms with van der Waals surface area (Å²) in [5.74, 6) is -0.992. The van der Waals surface area contributed by atoms with Gasteiger partial charge in [0.15, 0.2) is 0 Å². The van der Waals surface area contributed by atoms with Gasteiger partial charge in [0.1, 0.15) is 5.56 Å². The van der Waals surface area contributed by atoms with Gasteiger partial charge >= 0.3 is 5.97 Å². The van der Waals surface area contributed by atoms with Crippen molar-refractivity contribution in [3.63, 3.8) is 0 Å². The van der Waals surface area contributed by atoms with Gasteiger partial charge in [-0.05, 0) is 24.5 Å². The highest BCUT2D eigenvalue weighted by atomic mass is 32.2. The Balaban J connectivity index is 2.38. The van der Waals surface area contributed by atoms with Crippen molar-refractivity contribution in [3.8, 4) is 0 Å². The first-order valence-electron chi connectivity index (χ1n) is 5.30. The van der Waals surface area contributed by atoms with E-state index < -0.39 is 5.97 Å². The predicted molar refractivity (Wildman–Crippen MR) is 72.7 cm³/mol. The van der Waals surface area contributed by atoms with Crippen LogP contribution in [0.2, 0.25) is 0 Å². The summed E-state index contributed by atoms with van der Waals surface area (Å²) in [5, 5.41) is 13.0. The summed E-state index contributed by atoms with van der Waals surface area (Å²) in [6.45, 7) is 0. The Morgan fingerprint density at radius 3 is 2.67 bits per heavy atom. The van der Waals surface area contributed by atoms with Gasteiger partial charge < -0.3 is 10.4 Å². The molecule has 0 fully saturated rings. The first kappa shape index (κ1) is 12.4. The first-order valence-corrected chi connectivity index (χ1v) is 6.52. The van der Waals surface area contributed by atoms with Crippen molar-refractivity contribution >= 4 is 29.1 Å². The number of carboxylic acids is 1. The lowest BCUT2D eigenvalue weighted by Crippen LogP contribution is -2.04. The molecule has 5 heteroatoms. The van der Waals surface area contributed by atoms with Gasteiger partial charge in [-0.25, -0.2) is 9.78 Å². The molecule has 0 saturated heterocycles. The number of rotatable bonds is 4. The van der Waals surface area contributed by atoms with Crippen LogP contribution in [-0.2, 0) is 0 Å². The number of benzene rings is 1. The molecule has 1 aromatic carbocycles. The number of hydrogen-bond acceptors (Lipinski definition) is 4. The third kappa shape index (κ3) is 2.81. The minimum atomic E-state index is -0.992. The average molecular weight is 260 g/mol. The number of carbonyl (C=O) groups is 1. The fraction of sp³-hybridized carbons (Fsp3) is 0.0769. The molecule has 0 radical (unpaired) electrons. The van der Waals surface area contributed by atoms with Crippen molar-refractivity contribution in [2.45, 2.75) is 5.03 Å². The second kappa shape index (κ2) is 5.55. The van der Waals surface area contributed by atoms with E-state index in [1.807, 2.05) is 36.6 Å². The molecule has 0 aliphatic heterocycles. The highest BCUT2D eigenvalue weighted by molar-refractivity contribution is 7.98. The number of carboxylic acid groups (broad SMARTS) is 1. The number of nitrogens with zero attached hydrogens (tertiary/aromatic N) is 1. The lowest BCUT2D eigenvalue weighted by molar-refractivity contribution is 0.0697. The van der Waals surface area contributed by atoms with E-state index in [-0.39, 0.29) is 5.56 Å². The molecule has 4 nitrogen and oxygen atoms in total. The van der Waals surface area contributed by atoms with Crippen LogP contribution in [0, 0.1) is 0 Å². The summed E-state index contributed by atoms with van der Waals surface area (Å²) < 4.78 is 0. The van der Waals surface area contributed by atoms with E-state index in [4.69, 9.17) is 5.11 Å². The second-order valence-electron chi connectivity index (χ2n) is 3.57. The zero-order valence-corrected chi connectivity index (χ0v) is 10.6. The van der Waals surface area contributed by atoms with Gasteiger partial charge in [0.2, 0.25) is 0 Å². The molecule has 2 aromatic rings. The number of thioether (sulfide) groups is 1. The number of para-hydroxylation sites is 1. The average Bonchev–Trinajstić information content (AvgIpc) is 2.39. The summed E-state index contributed by atoms with van der Waals surface area (Å²) in [7, 11) is 0. The maximum Gasteiger partial charge on any atom is 0.339 e.